The van der Waals surface area contributed by atoms with Gasteiger partial charge in [-0.15, -0.1) is 11.8 Å². The van der Waals surface area contributed by atoms with Crippen LogP contribution in [0.3, 0.4) is 0 Å². The second-order valence-corrected chi connectivity index (χ2v) is 6.94. The van der Waals surface area contributed by atoms with Crippen LogP contribution in [-0.4, -0.2) is 11.5 Å². The van der Waals surface area contributed by atoms with E-state index in [4.69, 9.17) is 10.3 Å². The average molecular weight is 310 g/mol. The molecule has 1 aliphatic carbocycles. The van der Waals surface area contributed by atoms with Crippen LogP contribution in [0, 0.1) is 17.1 Å². The van der Waals surface area contributed by atoms with Crippen LogP contribution >= 0.6 is 11.8 Å². The van der Waals surface area contributed by atoms with Gasteiger partial charge in [0, 0.05) is 22.3 Å². The van der Waals surface area contributed by atoms with E-state index in [1.54, 1.807) is 6.07 Å². The van der Waals surface area contributed by atoms with Gasteiger partial charge >= 0.3 is 0 Å². The molecule has 0 saturated heterocycles. The molecule has 0 fully saturated rings. The highest BCUT2D eigenvalue weighted by Gasteiger charge is 2.34. The van der Waals surface area contributed by atoms with E-state index in [0.717, 1.165) is 37.0 Å². The summed E-state index contributed by atoms with van der Waals surface area (Å²) in [7, 11) is 0. The number of nitriles is 1. The first-order valence-corrected chi connectivity index (χ1v) is 8.60. The summed E-state index contributed by atoms with van der Waals surface area (Å²) in [6.07, 6.45) is 6.54. The van der Waals surface area contributed by atoms with Crippen molar-refractivity contribution in [3.05, 3.63) is 57.4 Å². The molecular weight excluding hydrogens is 295 g/mol. The Hall–Kier alpha value is -1.86. The molecule has 4 rings (SSSR count). The Morgan fingerprint density at radius 3 is 3.09 bits per heavy atom. The molecular formula is C18H15FN2S. The fourth-order valence-corrected chi connectivity index (χ4v) is 4.72. The predicted octanol–water partition coefficient (Wildman–Crippen LogP) is 4.69. The lowest BCUT2D eigenvalue weighted by atomic mass is 9.80. The van der Waals surface area contributed by atoms with E-state index in [-0.39, 0.29) is 11.5 Å². The van der Waals surface area contributed by atoms with Gasteiger partial charge in [0.1, 0.15) is 11.9 Å². The maximum Gasteiger partial charge on any atom is 0.140 e. The Bertz CT molecular complexity index is 783. The van der Waals surface area contributed by atoms with E-state index in [1.807, 2.05) is 23.9 Å². The summed E-state index contributed by atoms with van der Waals surface area (Å²) in [4.78, 5) is 6.17. The van der Waals surface area contributed by atoms with Gasteiger partial charge in [0.25, 0.3) is 0 Å². The van der Waals surface area contributed by atoms with Crippen LogP contribution in [0.25, 0.3) is 0 Å². The lowest BCUT2D eigenvalue weighted by Gasteiger charge is -2.30. The zero-order valence-corrected chi connectivity index (χ0v) is 12.9. The molecule has 2 aliphatic heterocycles. The smallest absolute Gasteiger partial charge is 0.140 e. The Morgan fingerprint density at radius 2 is 2.23 bits per heavy atom. The van der Waals surface area contributed by atoms with Crippen LogP contribution in [-0.2, 0) is 0 Å². The van der Waals surface area contributed by atoms with Crippen molar-refractivity contribution in [2.24, 2.45) is 4.99 Å². The molecule has 0 radical (unpaired) electrons. The lowest BCUT2D eigenvalue weighted by molar-refractivity contribution is 0.623. The predicted molar refractivity (Wildman–Crippen MR) is 87.3 cm³/mol. The number of aliphatic imine (C=N–C) groups is 1. The molecule has 2 nitrogen and oxygen atoms in total. The van der Waals surface area contributed by atoms with Crippen molar-refractivity contribution in [3.8, 4) is 6.07 Å². The topological polar surface area (TPSA) is 36.1 Å². The third-order valence-electron chi connectivity index (χ3n) is 4.48. The van der Waals surface area contributed by atoms with Crippen LogP contribution in [0.4, 0.5) is 4.39 Å². The minimum absolute atomic E-state index is 0.128. The summed E-state index contributed by atoms with van der Waals surface area (Å²) in [5, 5.41) is 9.12. The SMILES string of the molecule is N#Cc1cc(C2C3=CCCCC3=NC3=C2SCC3)ccc1F. The normalized spacial score (nSPS) is 23.4. The Balaban J connectivity index is 1.87. The number of nitrogens with zero attached hydrogens (tertiary/aromatic N) is 2. The molecule has 1 unspecified atom stereocenters. The summed E-state index contributed by atoms with van der Waals surface area (Å²) >= 11 is 1.86. The van der Waals surface area contributed by atoms with Crippen molar-refractivity contribution < 1.29 is 4.39 Å². The highest BCUT2D eigenvalue weighted by atomic mass is 32.2. The summed E-state index contributed by atoms with van der Waals surface area (Å²) < 4.78 is 13.7. The van der Waals surface area contributed by atoms with Crippen LogP contribution in [0.5, 0.6) is 0 Å². The Kier molecular flexibility index (Phi) is 3.38. The minimum atomic E-state index is -0.443. The van der Waals surface area contributed by atoms with Crippen LogP contribution in [0.1, 0.15) is 42.7 Å². The van der Waals surface area contributed by atoms with Crippen molar-refractivity contribution >= 4 is 17.5 Å². The first kappa shape index (κ1) is 13.8. The minimum Gasteiger partial charge on any atom is -0.257 e. The van der Waals surface area contributed by atoms with Crippen molar-refractivity contribution in [2.45, 2.75) is 31.6 Å². The molecule has 22 heavy (non-hydrogen) atoms. The van der Waals surface area contributed by atoms with Crippen molar-refractivity contribution in [2.75, 3.05) is 5.75 Å². The second-order valence-electron chi connectivity index (χ2n) is 5.80. The van der Waals surface area contributed by atoms with Crippen LogP contribution in [0.2, 0.25) is 0 Å². The average Bonchev–Trinajstić information content (AvgIpc) is 3.01. The molecule has 0 aromatic heterocycles. The Morgan fingerprint density at radius 1 is 1.32 bits per heavy atom. The lowest BCUT2D eigenvalue weighted by Crippen LogP contribution is -2.20. The van der Waals surface area contributed by atoms with E-state index in [9.17, 15) is 4.39 Å². The van der Waals surface area contributed by atoms with E-state index in [0.29, 0.717) is 0 Å². The summed E-state index contributed by atoms with van der Waals surface area (Å²) in [5.74, 6) is 0.766. The summed E-state index contributed by atoms with van der Waals surface area (Å²) in [6.45, 7) is 0. The second kappa shape index (κ2) is 5.40. The van der Waals surface area contributed by atoms with Gasteiger partial charge in [-0.05, 0) is 49.0 Å². The van der Waals surface area contributed by atoms with Gasteiger partial charge in [-0.1, -0.05) is 12.1 Å². The van der Waals surface area contributed by atoms with Gasteiger partial charge in [-0.25, -0.2) is 4.39 Å². The van der Waals surface area contributed by atoms with Gasteiger partial charge in [-0.3, -0.25) is 4.99 Å². The molecule has 3 aliphatic rings. The fourth-order valence-electron chi connectivity index (χ4n) is 3.46. The number of benzene rings is 1. The number of thioether (sulfide) groups is 1. The molecule has 0 N–H and O–H groups in total. The largest absolute Gasteiger partial charge is 0.257 e. The molecule has 110 valence electrons. The van der Waals surface area contributed by atoms with Gasteiger partial charge in [0.15, 0.2) is 0 Å². The number of hydrogen-bond donors (Lipinski definition) is 0. The molecule has 1 aromatic rings. The first-order chi connectivity index (χ1) is 10.8. The molecule has 2 heterocycles. The third kappa shape index (κ3) is 2.12. The molecule has 4 heteroatoms. The highest BCUT2D eigenvalue weighted by molar-refractivity contribution is 8.03. The zero-order valence-electron chi connectivity index (χ0n) is 12.1. The molecule has 1 atom stereocenters. The number of rotatable bonds is 1. The molecule has 0 bridgehead atoms. The summed E-state index contributed by atoms with van der Waals surface area (Å²) in [6, 6.07) is 6.91. The third-order valence-corrected chi connectivity index (χ3v) is 5.67. The molecule has 0 saturated carbocycles. The fraction of sp³-hybridized carbons (Fsp3) is 0.333. The van der Waals surface area contributed by atoms with Crippen molar-refractivity contribution in [3.63, 3.8) is 0 Å². The van der Waals surface area contributed by atoms with E-state index in [2.05, 4.69) is 6.08 Å². The summed E-state index contributed by atoms with van der Waals surface area (Å²) in [5.41, 5.74) is 4.81. The van der Waals surface area contributed by atoms with Gasteiger partial charge in [0.2, 0.25) is 0 Å². The number of fused-ring (bicyclic) bond motifs is 1. The van der Waals surface area contributed by atoms with E-state index >= 15 is 0 Å². The molecule has 0 amide bonds. The number of halogens is 1. The number of allylic oxidation sites excluding steroid dienone is 4. The van der Waals surface area contributed by atoms with Gasteiger partial charge in [-0.2, -0.15) is 5.26 Å². The maximum absolute atomic E-state index is 13.7. The van der Waals surface area contributed by atoms with Crippen molar-refractivity contribution in [1.29, 1.82) is 5.26 Å². The monoisotopic (exact) mass is 310 g/mol. The van der Waals surface area contributed by atoms with Crippen LogP contribution in [0.15, 0.2) is 45.4 Å². The van der Waals surface area contributed by atoms with E-state index < -0.39 is 5.82 Å². The molecule has 0 spiro atoms. The quantitative estimate of drug-likeness (QED) is 0.754. The van der Waals surface area contributed by atoms with Crippen molar-refractivity contribution in [1.82, 2.24) is 0 Å². The zero-order chi connectivity index (χ0) is 15.1. The molecule has 1 aromatic carbocycles. The maximum atomic E-state index is 13.7. The van der Waals surface area contributed by atoms with Gasteiger partial charge < -0.3 is 0 Å². The first-order valence-electron chi connectivity index (χ1n) is 7.61. The van der Waals surface area contributed by atoms with E-state index in [1.165, 1.54) is 28.0 Å². The Labute approximate surface area is 133 Å². The number of hydrogen-bond acceptors (Lipinski definition) is 3. The van der Waals surface area contributed by atoms with Crippen LogP contribution < -0.4 is 0 Å². The standard InChI is InChI=1S/C18H15FN2S/c19-14-6-5-11(9-12(14)10-20)17-13-3-1-2-4-15(13)21-16-7-8-22-18(16)17/h3,5-6,9,17H,1-2,4,7-8H2. The highest BCUT2D eigenvalue weighted by Crippen LogP contribution is 2.50. The van der Waals surface area contributed by atoms with Gasteiger partial charge in [0.05, 0.1) is 11.3 Å².